The van der Waals surface area contributed by atoms with E-state index in [1.807, 2.05) is 0 Å². The van der Waals surface area contributed by atoms with Crippen molar-refractivity contribution in [2.45, 2.75) is 0 Å². The van der Waals surface area contributed by atoms with Crippen LogP contribution in [0.4, 0.5) is 20.3 Å². The second-order valence-electron chi connectivity index (χ2n) is 4.51. The third-order valence-corrected chi connectivity index (χ3v) is 3.58. The fourth-order valence-electron chi connectivity index (χ4n) is 2.09. The summed E-state index contributed by atoms with van der Waals surface area (Å²) >= 11 is 10.0. The van der Waals surface area contributed by atoms with Gasteiger partial charge in [-0.15, -0.1) is 0 Å². The number of amides is 1. The molecule has 0 spiro atoms. The van der Waals surface area contributed by atoms with E-state index in [1.54, 1.807) is 12.3 Å². The number of rotatable bonds is 3. The number of halogens is 3. The zero-order chi connectivity index (χ0) is 16.7. The number of carbonyl (C=O) groups excluding carboxylic acids is 1. The van der Waals surface area contributed by atoms with Crippen molar-refractivity contribution in [2.75, 3.05) is 5.32 Å². The molecule has 118 valence electrons. The molecule has 0 aliphatic rings. The lowest BCUT2D eigenvalue weighted by molar-refractivity contribution is 0.0996. The van der Waals surface area contributed by atoms with Gasteiger partial charge in [-0.3, -0.25) is 8.77 Å². The standard InChI is InChI=1S/C13H8ClF2N5OS/c14-13-19-11(5-3-4-21(23)12(5)20-13)18-7-2-1-6(15)9(16)8(7)10(17)22/h1-4,23H,(H2,17,22)(H,18,19,20). The van der Waals surface area contributed by atoms with Crippen molar-refractivity contribution >= 4 is 52.9 Å². The van der Waals surface area contributed by atoms with Crippen molar-refractivity contribution in [3.05, 3.63) is 46.9 Å². The lowest BCUT2D eigenvalue weighted by atomic mass is 10.1. The quantitative estimate of drug-likeness (QED) is 0.498. The van der Waals surface area contributed by atoms with Crippen LogP contribution in [0, 0.1) is 11.6 Å². The maximum absolute atomic E-state index is 13.8. The number of nitrogens with one attached hydrogen (secondary N) is 1. The topological polar surface area (TPSA) is 85.8 Å². The van der Waals surface area contributed by atoms with Crippen molar-refractivity contribution in [2.24, 2.45) is 5.73 Å². The monoisotopic (exact) mass is 355 g/mol. The van der Waals surface area contributed by atoms with Gasteiger partial charge in [-0.2, -0.15) is 9.97 Å². The van der Waals surface area contributed by atoms with Crippen molar-refractivity contribution in [3.8, 4) is 0 Å². The largest absolute Gasteiger partial charge is 0.365 e. The Balaban J connectivity index is 2.17. The molecule has 6 nitrogen and oxygen atoms in total. The molecule has 2 aromatic heterocycles. The molecule has 0 fully saturated rings. The highest BCUT2D eigenvalue weighted by Crippen LogP contribution is 2.29. The van der Waals surface area contributed by atoms with E-state index in [9.17, 15) is 13.6 Å². The average molecular weight is 356 g/mol. The number of thiol groups is 1. The molecule has 3 rings (SSSR count). The molecule has 3 N–H and O–H groups in total. The van der Waals surface area contributed by atoms with E-state index in [0.717, 1.165) is 6.07 Å². The molecule has 0 saturated carbocycles. The maximum atomic E-state index is 13.8. The normalized spacial score (nSPS) is 11.0. The van der Waals surface area contributed by atoms with Crippen molar-refractivity contribution in [3.63, 3.8) is 0 Å². The van der Waals surface area contributed by atoms with Gasteiger partial charge in [0.2, 0.25) is 5.28 Å². The van der Waals surface area contributed by atoms with Gasteiger partial charge in [0.1, 0.15) is 11.4 Å². The second kappa shape index (κ2) is 5.67. The van der Waals surface area contributed by atoms with E-state index < -0.39 is 23.1 Å². The van der Waals surface area contributed by atoms with Gasteiger partial charge in [0.15, 0.2) is 17.3 Å². The highest BCUT2D eigenvalue weighted by atomic mass is 35.5. The van der Waals surface area contributed by atoms with Gasteiger partial charge in [0, 0.05) is 6.20 Å². The molecule has 0 aliphatic carbocycles. The summed E-state index contributed by atoms with van der Waals surface area (Å²) in [7, 11) is 0. The third-order valence-electron chi connectivity index (χ3n) is 3.09. The number of hydrogen-bond donors (Lipinski definition) is 3. The first-order valence-corrected chi connectivity index (χ1v) is 6.95. The van der Waals surface area contributed by atoms with E-state index in [4.69, 9.17) is 17.3 Å². The Labute approximate surface area is 138 Å². The van der Waals surface area contributed by atoms with Gasteiger partial charge in [-0.1, -0.05) is 12.8 Å². The molecule has 0 saturated heterocycles. The molecule has 23 heavy (non-hydrogen) atoms. The number of primary amides is 1. The Morgan fingerprint density at radius 1 is 1.30 bits per heavy atom. The van der Waals surface area contributed by atoms with Crippen LogP contribution in [0.1, 0.15) is 10.4 Å². The van der Waals surface area contributed by atoms with Gasteiger partial charge in [-0.25, -0.2) is 8.78 Å². The number of benzene rings is 1. The highest BCUT2D eigenvalue weighted by molar-refractivity contribution is 7.78. The van der Waals surface area contributed by atoms with Gasteiger partial charge < -0.3 is 11.1 Å². The number of nitrogens with zero attached hydrogens (tertiary/aromatic N) is 3. The van der Waals surface area contributed by atoms with Crippen molar-refractivity contribution in [1.29, 1.82) is 0 Å². The Hall–Kier alpha value is -2.39. The van der Waals surface area contributed by atoms with Gasteiger partial charge in [0.25, 0.3) is 5.91 Å². The molecule has 0 aliphatic heterocycles. The lowest BCUT2D eigenvalue weighted by Crippen LogP contribution is -2.16. The van der Waals surface area contributed by atoms with E-state index in [2.05, 4.69) is 28.1 Å². The third kappa shape index (κ3) is 2.68. The first-order chi connectivity index (χ1) is 10.9. The number of aromatic nitrogens is 3. The van der Waals surface area contributed by atoms with Gasteiger partial charge >= 0.3 is 0 Å². The summed E-state index contributed by atoms with van der Waals surface area (Å²) in [6.07, 6.45) is 1.60. The van der Waals surface area contributed by atoms with Gasteiger partial charge in [-0.05, 0) is 29.8 Å². The molecule has 0 bridgehead atoms. The van der Waals surface area contributed by atoms with Crippen LogP contribution in [-0.4, -0.2) is 19.8 Å². The summed E-state index contributed by atoms with van der Waals surface area (Å²) in [5.74, 6) is -3.45. The van der Waals surface area contributed by atoms with Crippen LogP contribution in [0.25, 0.3) is 11.0 Å². The van der Waals surface area contributed by atoms with Crippen molar-refractivity contribution in [1.82, 2.24) is 13.9 Å². The summed E-state index contributed by atoms with van der Waals surface area (Å²) < 4.78 is 28.5. The SMILES string of the molecule is NC(=O)c1c(Nc2nc(Cl)nc3c2ccn3S)ccc(F)c1F. The van der Waals surface area contributed by atoms with E-state index in [-0.39, 0.29) is 16.8 Å². The Morgan fingerprint density at radius 3 is 2.74 bits per heavy atom. The fraction of sp³-hybridized carbons (Fsp3) is 0. The molecule has 10 heteroatoms. The molecule has 0 radical (unpaired) electrons. The predicted octanol–water partition coefficient (Wildman–Crippen LogP) is 2.90. The molecule has 1 aromatic carbocycles. The molecule has 0 unspecified atom stereocenters. The number of anilines is 2. The molecular weight excluding hydrogens is 348 g/mol. The second-order valence-corrected chi connectivity index (χ2v) is 5.28. The Morgan fingerprint density at radius 2 is 2.04 bits per heavy atom. The van der Waals surface area contributed by atoms with Crippen LogP contribution < -0.4 is 11.1 Å². The Kier molecular flexibility index (Phi) is 3.82. The minimum absolute atomic E-state index is 0.0422. The molecule has 0 atom stereocenters. The van der Waals surface area contributed by atoms with Crippen molar-refractivity contribution < 1.29 is 13.6 Å². The van der Waals surface area contributed by atoms with Crippen LogP contribution in [0.2, 0.25) is 5.28 Å². The van der Waals surface area contributed by atoms with E-state index in [0.29, 0.717) is 11.0 Å². The number of carbonyl (C=O) groups is 1. The smallest absolute Gasteiger partial charge is 0.253 e. The average Bonchev–Trinajstić information content (AvgIpc) is 2.84. The minimum Gasteiger partial charge on any atom is -0.365 e. The summed E-state index contributed by atoms with van der Waals surface area (Å²) in [4.78, 5) is 19.4. The van der Waals surface area contributed by atoms with Crippen LogP contribution in [0.15, 0.2) is 24.4 Å². The van der Waals surface area contributed by atoms with E-state index >= 15 is 0 Å². The summed E-state index contributed by atoms with van der Waals surface area (Å²) in [6.45, 7) is 0. The molecule has 1 amide bonds. The first-order valence-electron chi connectivity index (χ1n) is 6.17. The lowest BCUT2D eigenvalue weighted by Gasteiger charge is -2.11. The fourth-order valence-corrected chi connectivity index (χ4v) is 2.48. The van der Waals surface area contributed by atoms with Crippen LogP contribution >= 0.6 is 24.4 Å². The molecule has 3 aromatic rings. The Bertz CT molecular complexity index is 946. The van der Waals surface area contributed by atoms with Crippen LogP contribution in [-0.2, 0) is 0 Å². The summed E-state index contributed by atoms with van der Waals surface area (Å²) in [6, 6.07) is 3.69. The van der Waals surface area contributed by atoms with Crippen LogP contribution in [0.5, 0.6) is 0 Å². The predicted molar refractivity (Wildman–Crippen MR) is 85.1 cm³/mol. The highest BCUT2D eigenvalue weighted by Gasteiger charge is 2.20. The van der Waals surface area contributed by atoms with Gasteiger partial charge in [0.05, 0.1) is 11.1 Å². The summed E-state index contributed by atoms with van der Waals surface area (Å²) in [5, 5.41) is 3.16. The number of fused-ring (bicyclic) bond motifs is 1. The molecular formula is C13H8ClF2N5OS. The molecule has 2 heterocycles. The summed E-state index contributed by atoms with van der Waals surface area (Å²) in [5.41, 5.74) is 4.87. The van der Waals surface area contributed by atoms with E-state index in [1.165, 1.54) is 10.0 Å². The van der Waals surface area contributed by atoms with Crippen LogP contribution in [0.3, 0.4) is 0 Å². The zero-order valence-corrected chi connectivity index (χ0v) is 12.9. The maximum Gasteiger partial charge on any atom is 0.253 e. The number of hydrogen-bond acceptors (Lipinski definition) is 5. The number of nitrogens with two attached hydrogens (primary N) is 1. The minimum atomic E-state index is -1.34. The zero-order valence-electron chi connectivity index (χ0n) is 11.2. The first kappa shape index (κ1) is 15.5.